The van der Waals surface area contributed by atoms with E-state index >= 15 is 0 Å². The normalized spacial score (nSPS) is 29.4. The van der Waals surface area contributed by atoms with E-state index in [2.05, 4.69) is 10.6 Å². The number of rotatable bonds is 3. The summed E-state index contributed by atoms with van der Waals surface area (Å²) >= 11 is 0. The van der Waals surface area contributed by atoms with Gasteiger partial charge in [0, 0.05) is 19.8 Å². The second-order valence-electron chi connectivity index (χ2n) is 5.48. The molecular formula is C13H25ClN2O2. The van der Waals surface area contributed by atoms with Gasteiger partial charge in [-0.25, -0.2) is 0 Å². The summed E-state index contributed by atoms with van der Waals surface area (Å²) in [4.78, 5) is 12.2. The Morgan fingerprint density at radius 1 is 1.39 bits per heavy atom. The largest absolute Gasteiger partial charge is 0.381 e. The highest BCUT2D eigenvalue weighted by atomic mass is 35.5. The number of hydrogen-bond donors (Lipinski definition) is 2. The minimum Gasteiger partial charge on any atom is -0.381 e. The quantitative estimate of drug-likeness (QED) is 0.821. The second kappa shape index (κ2) is 7.31. The van der Waals surface area contributed by atoms with E-state index in [0.717, 1.165) is 52.0 Å². The maximum Gasteiger partial charge on any atom is 0.240 e. The van der Waals surface area contributed by atoms with Crippen LogP contribution in [0.25, 0.3) is 0 Å². The molecule has 1 amide bonds. The van der Waals surface area contributed by atoms with Crippen LogP contribution in [0, 0.1) is 5.92 Å². The summed E-state index contributed by atoms with van der Waals surface area (Å²) in [5, 5.41) is 6.45. The standard InChI is InChI=1S/C13H24N2O2.ClH/c1-13(6-2-3-7-15-13)12(16)14-10-11-4-8-17-9-5-11;/h11,15H,2-10H2,1H3,(H,14,16);1H. The molecule has 2 heterocycles. The summed E-state index contributed by atoms with van der Waals surface area (Å²) in [6, 6.07) is 0. The van der Waals surface area contributed by atoms with E-state index in [4.69, 9.17) is 4.74 Å². The van der Waals surface area contributed by atoms with Crippen molar-refractivity contribution in [2.24, 2.45) is 5.92 Å². The zero-order valence-electron chi connectivity index (χ0n) is 11.2. The first-order valence-electron chi connectivity index (χ1n) is 6.82. The van der Waals surface area contributed by atoms with E-state index < -0.39 is 0 Å². The minimum atomic E-state index is -0.344. The molecule has 0 aromatic rings. The Kier molecular flexibility index (Phi) is 6.39. The molecule has 0 spiro atoms. The third-order valence-corrected chi connectivity index (χ3v) is 4.01. The zero-order chi connectivity index (χ0) is 12.1. The molecule has 4 nitrogen and oxygen atoms in total. The monoisotopic (exact) mass is 276 g/mol. The van der Waals surface area contributed by atoms with Gasteiger partial charge in [0.1, 0.15) is 0 Å². The lowest BCUT2D eigenvalue weighted by atomic mass is 9.89. The summed E-state index contributed by atoms with van der Waals surface area (Å²) < 4.78 is 5.32. The molecule has 1 atom stereocenters. The Hall–Kier alpha value is -0.320. The number of amides is 1. The smallest absolute Gasteiger partial charge is 0.240 e. The molecule has 0 radical (unpaired) electrons. The van der Waals surface area contributed by atoms with Crippen LogP contribution >= 0.6 is 12.4 Å². The molecule has 0 aromatic heterocycles. The van der Waals surface area contributed by atoms with Crippen LogP contribution in [0.2, 0.25) is 0 Å². The highest BCUT2D eigenvalue weighted by molar-refractivity contribution is 5.86. The van der Waals surface area contributed by atoms with Crippen LogP contribution < -0.4 is 10.6 Å². The van der Waals surface area contributed by atoms with Gasteiger partial charge in [-0.15, -0.1) is 12.4 Å². The van der Waals surface area contributed by atoms with E-state index in [1.165, 1.54) is 6.42 Å². The van der Waals surface area contributed by atoms with Gasteiger partial charge >= 0.3 is 0 Å². The third-order valence-electron chi connectivity index (χ3n) is 4.01. The average Bonchev–Trinajstić information content (AvgIpc) is 2.38. The van der Waals surface area contributed by atoms with Crippen LogP contribution in [-0.4, -0.2) is 37.7 Å². The first-order valence-corrected chi connectivity index (χ1v) is 6.82. The highest BCUT2D eigenvalue weighted by Gasteiger charge is 2.34. The molecule has 0 aliphatic carbocycles. The van der Waals surface area contributed by atoms with Gasteiger partial charge in [0.15, 0.2) is 0 Å². The molecule has 1 unspecified atom stereocenters. The average molecular weight is 277 g/mol. The van der Waals surface area contributed by atoms with Crippen molar-refractivity contribution in [2.45, 2.75) is 44.6 Å². The van der Waals surface area contributed by atoms with Crippen molar-refractivity contribution in [3.05, 3.63) is 0 Å². The summed E-state index contributed by atoms with van der Waals surface area (Å²) in [5.74, 6) is 0.767. The van der Waals surface area contributed by atoms with Crippen molar-refractivity contribution in [2.75, 3.05) is 26.3 Å². The van der Waals surface area contributed by atoms with Gasteiger partial charge in [-0.2, -0.15) is 0 Å². The first kappa shape index (κ1) is 15.7. The lowest BCUT2D eigenvalue weighted by Crippen LogP contribution is -2.57. The number of ether oxygens (including phenoxy) is 1. The Morgan fingerprint density at radius 2 is 2.11 bits per heavy atom. The van der Waals surface area contributed by atoms with E-state index in [1.807, 2.05) is 6.92 Å². The Bertz CT molecular complexity index is 262. The lowest BCUT2D eigenvalue weighted by Gasteiger charge is -2.34. The van der Waals surface area contributed by atoms with Crippen LogP contribution in [-0.2, 0) is 9.53 Å². The van der Waals surface area contributed by atoms with Crippen molar-refractivity contribution < 1.29 is 9.53 Å². The number of halogens is 1. The van der Waals surface area contributed by atoms with Gasteiger partial charge in [-0.05, 0) is 51.5 Å². The van der Waals surface area contributed by atoms with Crippen LogP contribution in [0.1, 0.15) is 39.0 Å². The van der Waals surface area contributed by atoms with Crippen molar-refractivity contribution in [1.82, 2.24) is 10.6 Å². The molecule has 106 valence electrons. The fourth-order valence-electron chi connectivity index (χ4n) is 2.63. The van der Waals surface area contributed by atoms with E-state index in [0.29, 0.717) is 5.92 Å². The van der Waals surface area contributed by atoms with Gasteiger partial charge in [0.05, 0.1) is 5.54 Å². The predicted molar refractivity (Wildman–Crippen MR) is 74.1 cm³/mol. The van der Waals surface area contributed by atoms with Crippen LogP contribution in [0.3, 0.4) is 0 Å². The SMILES string of the molecule is CC1(C(=O)NCC2CCOCC2)CCCCN1.Cl. The Morgan fingerprint density at radius 3 is 2.72 bits per heavy atom. The molecule has 2 N–H and O–H groups in total. The molecule has 5 heteroatoms. The first-order chi connectivity index (χ1) is 8.21. The van der Waals surface area contributed by atoms with Gasteiger partial charge in [0.2, 0.25) is 5.91 Å². The van der Waals surface area contributed by atoms with Crippen molar-refractivity contribution >= 4 is 18.3 Å². The fraction of sp³-hybridized carbons (Fsp3) is 0.923. The van der Waals surface area contributed by atoms with E-state index in [-0.39, 0.29) is 23.9 Å². The molecule has 18 heavy (non-hydrogen) atoms. The molecular weight excluding hydrogens is 252 g/mol. The molecule has 2 aliphatic heterocycles. The lowest BCUT2D eigenvalue weighted by molar-refractivity contribution is -0.128. The number of piperidine rings is 1. The molecule has 2 fully saturated rings. The number of carbonyl (C=O) groups excluding carboxylic acids is 1. The van der Waals surface area contributed by atoms with Crippen molar-refractivity contribution in [1.29, 1.82) is 0 Å². The summed E-state index contributed by atoms with van der Waals surface area (Å²) in [6.45, 7) is 5.47. The molecule has 0 bridgehead atoms. The van der Waals surface area contributed by atoms with Crippen LogP contribution in [0.15, 0.2) is 0 Å². The highest BCUT2D eigenvalue weighted by Crippen LogP contribution is 2.19. The predicted octanol–water partition coefficient (Wildman–Crippen LogP) is 1.48. The molecule has 2 aliphatic rings. The molecule has 2 saturated heterocycles. The topological polar surface area (TPSA) is 50.4 Å². The summed E-state index contributed by atoms with van der Waals surface area (Å²) in [7, 11) is 0. The maximum absolute atomic E-state index is 12.2. The van der Waals surface area contributed by atoms with Gasteiger partial charge in [-0.3, -0.25) is 4.79 Å². The molecule has 0 saturated carbocycles. The van der Waals surface area contributed by atoms with Gasteiger partial charge in [-0.1, -0.05) is 0 Å². The second-order valence-corrected chi connectivity index (χ2v) is 5.48. The van der Waals surface area contributed by atoms with Gasteiger partial charge in [0.25, 0.3) is 0 Å². The Labute approximate surface area is 116 Å². The summed E-state index contributed by atoms with van der Waals surface area (Å²) in [5.41, 5.74) is -0.344. The zero-order valence-corrected chi connectivity index (χ0v) is 12.0. The number of hydrogen-bond acceptors (Lipinski definition) is 3. The Balaban J connectivity index is 0.00000162. The minimum absolute atomic E-state index is 0. The van der Waals surface area contributed by atoms with Crippen LogP contribution in [0.5, 0.6) is 0 Å². The van der Waals surface area contributed by atoms with E-state index in [9.17, 15) is 4.79 Å². The third kappa shape index (κ3) is 4.11. The number of carbonyl (C=O) groups is 1. The number of nitrogens with one attached hydrogen (secondary N) is 2. The molecule has 2 rings (SSSR count). The molecule has 0 aromatic carbocycles. The van der Waals surface area contributed by atoms with Gasteiger partial charge < -0.3 is 15.4 Å². The van der Waals surface area contributed by atoms with Crippen molar-refractivity contribution in [3.8, 4) is 0 Å². The summed E-state index contributed by atoms with van der Waals surface area (Å²) in [6.07, 6.45) is 5.43. The maximum atomic E-state index is 12.2. The van der Waals surface area contributed by atoms with E-state index in [1.54, 1.807) is 0 Å². The van der Waals surface area contributed by atoms with Crippen molar-refractivity contribution in [3.63, 3.8) is 0 Å². The fourth-order valence-corrected chi connectivity index (χ4v) is 2.63. The van der Waals surface area contributed by atoms with Crippen LogP contribution in [0.4, 0.5) is 0 Å².